The molecule has 0 aliphatic carbocycles. The van der Waals surface area contributed by atoms with Gasteiger partial charge in [-0.1, -0.05) is 78.9 Å². The van der Waals surface area contributed by atoms with E-state index in [-0.39, 0.29) is 5.69 Å². The lowest BCUT2D eigenvalue weighted by molar-refractivity contribution is 0.763. The molecule has 0 spiro atoms. The van der Waals surface area contributed by atoms with Crippen LogP contribution in [-0.4, -0.2) is 9.55 Å². The Hall–Kier alpha value is -3.20. The number of aromatic nitrogens is 2. The second-order valence-corrected chi connectivity index (χ2v) is 5.70. The van der Waals surface area contributed by atoms with Crippen molar-refractivity contribution in [2.75, 3.05) is 0 Å². The molecule has 0 N–H and O–H groups in total. The average molecular weight is 312 g/mol. The van der Waals surface area contributed by atoms with Crippen molar-refractivity contribution >= 4 is 10.9 Å². The maximum atomic E-state index is 12.7. The number of hydrogen-bond donors (Lipinski definition) is 0. The molecule has 0 aliphatic rings. The summed E-state index contributed by atoms with van der Waals surface area (Å²) in [6, 6.07) is 27.8. The van der Waals surface area contributed by atoms with Gasteiger partial charge in [0, 0.05) is 10.9 Å². The van der Waals surface area contributed by atoms with E-state index in [1.165, 1.54) is 0 Å². The van der Waals surface area contributed by atoms with Gasteiger partial charge in [-0.3, -0.25) is 4.57 Å². The van der Waals surface area contributed by atoms with Gasteiger partial charge >= 0.3 is 5.69 Å². The summed E-state index contributed by atoms with van der Waals surface area (Å²) in [6.07, 6.45) is 0. The van der Waals surface area contributed by atoms with Crippen LogP contribution in [0.1, 0.15) is 5.56 Å². The van der Waals surface area contributed by atoms with Gasteiger partial charge in [0.1, 0.15) is 0 Å². The molecule has 0 fully saturated rings. The molecule has 24 heavy (non-hydrogen) atoms. The Labute approximate surface area is 139 Å². The maximum Gasteiger partial charge on any atom is 0.348 e. The first kappa shape index (κ1) is 14.4. The van der Waals surface area contributed by atoms with Gasteiger partial charge in [-0.05, 0) is 11.6 Å². The van der Waals surface area contributed by atoms with Crippen molar-refractivity contribution in [2.24, 2.45) is 0 Å². The summed E-state index contributed by atoms with van der Waals surface area (Å²) in [5.41, 5.74) is 3.45. The van der Waals surface area contributed by atoms with Crippen LogP contribution in [0.15, 0.2) is 89.7 Å². The minimum absolute atomic E-state index is 0.226. The lowest BCUT2D eigenvalue weighted by Gasteiger charge is -2.13. The summed E-state index contributed by atoms with van der Waals surface area (Å²) in [6.45, 7) is 0.516. The summed E-state index contributed by atoms with van der Waals surface area (Å²) in [7, 11) is 0. The highest BCUT2D eigenvalue weighted by molar-refractivity contribution is 5.92. The molecule has 0 amide bonds. The van der Waals surface area contributed by atoms with Crippen LogP contribution in [0, 0.1) is 0 Å². The summed E-state index contributed by atoms with van der Waals surface area (Å²) in [5, 5.41) is 0.985. The Kier molecular flexibility index (Phi) is 3.67. The summed E-state index contributed by atoms with van der Waals surface area (Å²) in [4.78, 5) is 17.1. The zero-order chi connectivity index (χ0) is 16.4. The van der Waals surface area contributed by atoms with Crippen molar-refractivity contribution in [1.29, 1.82) is 0 Å². The Morgan fingerprint density at radius 3 is 2.12 bits per heavy atom. The number of nitrogens with zero attached hydrogens (tertiary/aromatic N) is 2. The lowest BCUT2D eigenvalue weighted by atomic mass is 10.1. The first-order valence-corrected chi connectivity index (χ1v) is 7.92. The monoisotopic (exact) mass is 312 g/mol. The number of benzene rings is 3. The summed E-state index contributed by atoms with van der Waals surface area (Å²) >= 11 is 0. The van der Waals surface area contributed by atoms with Crippen molar-refractivity contribution in [3.63, 3.8) is 0 Å². The first-order valence-electron chi connectivity index (χ1n) is 7.92. The molecule has 116 valence electrons. The van der Waals surface area contributed by atoms with E-state index in [9.17, 15) is 4.79 Å². The highest BCUT2D eigenvalue weighted by atomic mass is 16.1. The van der Waals surface area contributed by atoms with Gasteiger partial charge in [0.15, 0.2) is 0 Å². The topological polar surface area (TPSA) is 34.9 Å². The van der Waals surface area contributed by atoms with E-state index in [2.05, 4.69) is 4.98 Å². The molecule has 0 radical (unpaired) electrons. The molecule has 0 saturated carbocycles. The lowest BCUT2D eigenvalue weighted by Crippen LogP contribution is -2.24. The number of para-hydroxylation sites is 1. The van der Waals surface area contributed by atoms with Crippen LogP contribution in [0.4, 0.5) is 0 Å². The fraction of sp³-hybridized carbons (Fsp3) is 0.0476. The zero-order valence-corrected chi connectivity index (χ0v) is 13.1. The molecule has 1 heterocycles. The zero-order valence-electron chi connectivity index (χ0n) is 13.1. The van der Waals surface area contributed by atoms with Gasteiger partial charge in [-0.15, -0.1) is 0 Å². The second-order valence-electron chi connectivity index (χ2n) is 5.70. The van der Waals surface area contributed by atoms with Crippen LogP contribution in [0.2, 0.25) is 0 Å². The van der Waals surface area contributed by atoms with E-state index in [1.807, 2.05) is 84.9 Å². The fourth-order valence-electron chi connectivity index (χ4n) is 2.96. The van der Waals surface area contributed by atoms with Crippen LogP contribution in [0.25, 0.3) is 22.2 Å². The Morgan fingerprint density at radius 2 is 1.38 bits per heavy atom. The van der Waals surface area contributed by atoms with Gasteiger partial charge < -0.3 is 0 Å². The van der Waals surface area contributed by atoms with E-state index >= 15 is 0 Å². The van der Waals surface area contributed by atoms with Crippen molar-refractivity contribution in [3.05, 3.63) is 101 Å². The summed E-state index contributed by atoms with van der Waals surface area (Å²) in [5.74, 6) is 0. The highest BCUT2D eigenvalue weighted by Crippen LogP contribution is 2.25. The number of rotatable bonds is 3. The van der Waals surface area contributed by atoms with Gasteiger partial charge in [-0.25, -0.2) is 4.79 Å². The molecule has 0 atom stereocenters. The molecule has 3 aromatic carbocycles. The minimum atomic E-state index is -0.226. The molecule has 0 unspecified atom stereocenters. The van der Waals surface area contributed by atoms with Crippen molar-refractivity contribution in [2.45, 2.75) is 6.54 Å². The van der Waals surface area contributed by atoms with Gasteiger partial charge in [0.05, 0.1) is 17.8 Å². The van der Waals surface area contributed by atoms with Crippen molar-refractivity contribution in [1.82, 2.24) is 9.55 Å². The molecular weight excluding hydrogens is 296 g/mol. The predicted molar refractivity (Wildman–Crippen MR) is 97.0 cm³/mol. The minimum Gasteiger partial charge on any atom is -0.287 e. The third-order valence-corrected chi connectivity index (χ3v) is 4.12. The van der Waals surface area contributed by atoms with Crippen LogP contribution in [0.5, 0.6) is 0 Å². The maximum absolute atomic E-state index is 12.7. The second kappa shape index (κ2) is 6.13. The third kappa shape index (κ3) is 2.61. The molecule has 1 aromatic heterocycles. The Balaban J connectivity index is 1.94. The molecule has 4 rings (SSSR count). The standard InChI is InChI=1S/C21H16N2O/c24-21-22-20(17-11-5-2-6-12-17)18-13-7-8-14-19(18)23(21)15-16-9-3-1-4-10-16/h1-14H,15H2. The Morgan fingerprint density at radius 1 is 0.750 bits per heavy atom. The Bertz CT molecular complexity index is 1040. The van der Waals surface area contributed by atoms with Crippen LogP contribution in [0.3, 0.4) is 0 Å². The summed E-state index contributed by atoms with van der Waals surface area (Å²) < 4.78 is 1.73. The molecular formula is C21H16N2O. The highest BCUT2D eigenvalue weighted by Gasteiger charge is 2.11. The first-order chi connectivity index (χ1) is 11.8. The van der Waals surface area contributed by atoms with Crippen molar-refractivity contribution < 1.29 is 0 Å². The van der Waals surface area contributed by atoms with Gasteiger partial charge in [-0.2, -0.15) is 4.98 Å². The molecule has 0 aliphatic heterocycles. The molecule has 3 nitrogen and oxygen atoms in total. The number of hydrogen-bond acceptors (Lipinski definition) is 2. The van der Waals surface area contributed by atoms with E-state index in [4.69, 9.17) is 0 Å². The van der Waals surface area contributed by atoms with E-state index in [0.717, 1.165) is 27.7 Å². The SMILES string of the molecule is O=c1nc(-c2ccccc2)c2ccccc2n1Cc1ccccc1. The fourth-order valence-corrected chi connectivity index (χ4v) is 2.96. The molecule has 0 bridgehead atoms. The molecule has 3 heteroatoms. The van der Waals surface area contributed by atoms with Gasteiger partial charge in [0.2, 0.25) is 0 Å². The van der Waals surface area contributed by atoms with Crippen LogP contribution in [-0.2, 0) is 6.54 Å². The van der Waals surface area contributed by atoms with Crippen LogP contribution < -0.4 is 5.69 Å². The third-order valence-electron chi connectivity index (χ3n) is 4.12. The van der Waals surface area contributed by atoms with Gasteiger partial charge in [0.25, 0.3) is 0 Å². The molecule has 0 saturated heterocycles. The average Bonchev–Trinajstić information content (AvgIpc) is 2.65. The largest absolute Gasteiger partial charge is 0.348 e. The smallest absolute Gasteiger partial charge is 0.287 e. The number of fused-ring (bicyclic) bond motifs is 1. The van der Waals surface area contributed by atoms with E-state index in [1.54, 1.807) is 4.57 Å². The molecule has 4 aromatic rings. The van der Waals surface area contributed by atoms with Crippen molar-refractivity contribution in [3.8, 4) is 11.3 Å². The normalized spacial score (nSPS) is 10.8. The van der Waals surface area contributed by atoms with E-state index < -0.39 is 0 Å². The predicted octanol–water partition coefficient (Wildman–Crippen LogP) is 4.11. The quantitative estimate of drug-likeness (QED) is 0.570. The van der Waals surface area contributed by atoms with Crippen LogP contribution >= 0.6 is 0 Å². The van der Waals surface area contributed by atoms with E-state index in [0.29, 0.717) is 6.54 Å².